The number of carbonyl (C=O) groups is 1. The highest BCUT2D eigenvalue weighted by Crippen LogP contribution is 2.24. The molecular formula is C16H21N5O2S. The molecule has 0 aliphatic carbocycles. The van der Waals surface area contributed by atoms with Crippen molar-refractivity contribution in [3.63, 3.8) is 0 Å². The van der Waals surface area contributed by atoms with Crippen LogP contribution in [0.2, 0.25) is 0 Å². The minimum absolute atomic E-state index is 0.0627. The Hall–Kier alpha value is -2.22. The van der Waals surface area contributed by atoms with Gasteiger partial charge < -0.3 is 15.0 Å². The van der Waals surface area contributed by atoms with Crippen LogP contribution >= 0.6 is 11.5 Å². The van der Waals surface area contributed by atoms with E-state index in [0.29, 0.717) is 11.4 Å². The summed E-state index contributed by atoms with van der Waals surface area (Å²) in [6.07, 6.45) is 4.53. The summed E-state index contributed by atoms with van der Waals surface area (Å²) in [5.41, 5.74) is 0.361. The van der Waals surface area contributed by atoms with Gasteiger partial charge in [-0.1, -0.05) is 6.92 Å². The lowest BCUT2D eigenvalue weighted by Crippen LogP contribution is -2.41. The van der Waals surface area contributed by atoms with E-state index in [4.69, 9.17) is 4.74 Å². The Kier molecular flexibility index (Phi) is 5.24. The number of hydrogen-bond acceptors (Lipinski definition) is 7. The second-order valence-electron chi connectivity index (χ2n) is 5.63. The van der Waals surface area contributed by atoms with Crippen molar-refractivity contribution >= 4 is 22.6 Å². The molecule has 3 rings (SSSR count). The smallest absolute Gasteiger partial charge is 0.269 e. The largest absolute Gasteiger partial charge is 0.488 e. The van der Waals surface area contributed by atoms with Gasteiger partial charge in [0.15, 0.2) is 0 Å². The zero-order chi connectivity index (χ0) is 16.9. The highest BCUT2D eigenvalue weighted by Gasteiger charge is 2.24. The van der Waals surface area contributed by atoms with Gasteiger partial charge in [0.25, 0.3) is 5.91 Å². The number of aromatic nitrogens is 3. The first-order chi connectivity index (χ1) is 11.7. The molecule has 1 saturated heterocycles. The van der Waals surface area contributed by atoms with Gasteiger partial charge in [-0.3, -0.25) is 9.78 Å². The van der Waals surface area contributed by atoms with E-state index in [9.17, 15) is 4.79 Å². The van der Waals surface area contributed by atoms with E-state index in [1.165, 1.54) is 11.5 Å². The van der Waals surface area contributed by atoms with Crippen LogP contribution in [0.3, 0.4) is 0 Å². The van der Waals surface area contributed by atoms with Crippen molar-refractivity contribution in [2.75, 3.05) is 25.0 Å². The van der Waals surface area contributed by atoms with Crippen LogP contribution in [0.5, 0.6) is 5.75 Å². The summed E-state index contributed by atoms with van der Waals surface area (Å²) in [5, 5.41) is 3.53. The van der Waals surface area contributed by atoms with Gasteiger partial charge in [-0.05, 0) is 18.9 Å². The van der Waals surface area contributed by atoms with E-state index in [1.807, 2.05) is 0 Å². The third-order valence-electron chi connectivity index (χ3n) is 3.92. The number of anilines is 1. The monoisotopic (exact) mass is 347 g/mol. The van der Waals surface area contributed by atoms with Gasteiger partial charge >= 0.3 is 0 Å². The van der Waals surface area contributed by atoms with Crippen LogP contribution < -0.4 is 15.0 Å². The molecule has 3 heterocycles. The maximum atomic E-state index is 11.7. The quantitative estimate of drug-likeness (QED) is 0.890. The first-order valence-electron chi connectivity index (χ1n) is 8.12. The normalized spacial score (nSPS) is 17.6. The third-order valence-corrected chi connectivity index (χ3v) is 4.73. The predicted molar refractivity (Wildman–Crippen MR) is 92.8 cm³/mol. The number of amides is 1. The summed E-state index contributed by atoms with van der Waals surface area (Å²) in [5.74, 6) is 1.34. The zero-order valence-electron chi connectivity index (χ0n) is 13.9. The molecule has 0 aromatic carbocycles. The van der Waals surface area contributed by atoms with Gasteiger partial charge in [0.2, 0.25) is 5.13 Å². The maximum absolute atomic E-state index is 11.7. The van der Waals surface area contributed by atoms with Crippen molar-refractivity contribution in [2.45, 2.75) is 32.3 Å². The number of ether oxygens (including phenoxy) is 1. The summed E-state index contributed by atoms with van der Waals surface area (Å²) in [6, 6.07) is 3.46. The molecule has 1 atom stereocenters. The van der Waals surface area contributed by atoms with E-state index in [1.54, 1.807) is 25.4 Å². The molecule has 0 radical (unpaired) electrons. The van der Waals surface area contributed by atoms with E-state index in [2.05, 4.69) is 31.5 Å². The van der Waals surface area contributed by atoms with Gasteiger partial charge in [0.05, 0.1) is 6.54 Å². The van der Waals surface area contributed by atoms with Crippen LogP contribution in [0, 0.1) is 0 Å². The average Bonchev–Trinajstić information content (AvgIpc) is 3.11. The Labute approximate surface area is 145 Å². The van der Waals surface area contributed by atoms with E-state index in [0.717, 1.165) is 43.3 Å². The van der Waals surface area contributed by atoms with E-state index < -0.39 is 0 Å². The number of nitrogens with one attached hydrogen (secondary N) is 1. The zero-order valence-corrected chi connectivity index (χ0v) is 14.7. The lowest BCUT2D eigenvalue weighted by atomic mass is 10.1. The minimum atomic E-state index is -0.216. The lowest BCUT2D eigenvalue weighted by molar-refractivity contribution is 0.0957. The van der Waals surface area contributed by atoms with Gasteiger partial charge in [0.1, 0.15) is 23.4 Å². The Morgan fingerprint density at radius 2 is 2.42 bits per heavy atom. The molecule has 1 aliphatic rings. The van der Waals surface area contributed by atoms with Gasteiger partial charge in [-0.2, -0.15) is 4.37 Å². The molecule has 0 bridgehead atoms. The minimum Gasteiger partial charge on any atom is -0.488 e. The first kappa shape index (κ1) is 16.6. The van der Waals surface area contributed by atoms with Crippen molar-refractivity contribution in [2.24, 2.45) is 0 Å². The van der Waals surface area contributed by atoms with Crippen LogP contribution in [0.1, 0.15) is 36.1 Å². The Balaban J connectivity index is 1.66. The number of pyridine rings is 1. The topological polar surface area (TPSA) is 80.2 Å². The van der Waals surface area contributed by atoms with Crippen molar-refractivity contribution in [1.82, 2.24) is 19.7 Å². The van der Waals surface area contributed by atoms with Gasteiger partial charge in [-0.25, -0.2) is 4.98 Å². The summed E-state index contributed by atoms with van der Waals surface area (Å²) >= 11 is 1.44. The second kappa shape index (κ2) is 7.57. The molecule has 2 aromatic heterocycles. The number of aryl methyl sites for hydroxylation is 1. The molecule has 1 aliphatic heterocycles. The van der Waals surface area contributed by atoms with Crippen LogP contribution in [-0.2, 0) is 6.42 Å². The van der Waals surface area contributed by atoms with Crippen LogP contribution in [0.15, 0.2) is 18.3 Å². The molecular weight excluding hydrogens is 326 g/mol. The molecule has 1 amide bonds. The summed E-state index contributed by atoms with van der Waals surface area (Å²) in [7, 11) is 1.59. The Morgan fingerprint density at radius 1 is 1.54 bits per heavy atom. The number of piperidine rings is 1. The highest BCUT2D eigenvalue weighted by atomic mass is 32.1. The third kappa shape index (κ3) is 3.81. The summed E-state index contributed by atoms with van der Waals surface area (Å²) in [4.78, 5) is 22.5. The van der Waals surface area contributed by atoms with E-state index in [-0.39, 0.29) is 12.0 Å². The van der Waals surface area contributed by atoms with Crippen LogP contribution in [0.4, 0.5) is 5.13 Å². The highest BCUT2D eigenvalue weighted by molar-refractivity contribution is 7.09. The standard InChI is InChI=1S/C16H21N5O2S/c1-3-14-19-16(24-20-14)21-8-4-5-12(10-21)23-11-6-7-18-13(9-11)15(22)17-2/h6-7,9,12H,3-5,8,10H2,1-2H3,(H,17,22). The van der Waals surface area contributed by atoms with Crippen molar-refractivity contribution in [1.29, 1.82) is 0 Å². The first-order valence-corrected chi connectivity index (χ1v) is 8.89. The molecule has 2 aromatic rings. The number of carbonyl (C=O) groups excluding carboxylic acids is 1. The van der Waals surface area contributed by atoms with Crippen LogP contribution in [0.25, 0.3) is 0 Å². The molecule has 1 N–H and O–H groups in total. The van der Waals surface area contributed by atoms with Crippen molar-refractivity contribution in [3.8, 4) is 5.75 Å². The maximum Gasteiger partial charge on any atom is 0.269 e. The Bertz CT molecular complexity index is 705. The molecule has 0 spiro atoms. The Morgan fingerprint density at radius 3 is 3.17 bits per heavy atom. The van der Waals surface area contributed by atoms with Crippen molar-refractivity contribution < 1.29 is 9.53 Å². The molecule has 1 fully saturated rings. The number of hydrogen-bond donors (Lipinski definition) is 1. The fraction of sp³-hybridized carbons (Fsp3) is 0.500. The number of nitrogens with zero attached hydrogens (tertiary/aromatic N) is 4. The molecule has 0 saturated carbocycles. The van der Waals surface area contributed by atoms with Crippen LogP contribution in [-0.4, -0.2) is 46.5 Å². The fourth-order valence-electron chi connectivity index (χ4n) is 2.65. The molecule has 1 unspecified atom stereocenters. The van der Waals surface area contributed by atoms with Gasteiger partial charge in [0, 0.05) is 43.8 Å². The fourth-order valence-corrected chi connectivity index (χ4v) is 3.44. The molecule has 128 valence electrons. The average molecular weight is 347 g/mol. The SMILES string of the molecule is CCc1nsc(N2CCCC(Oc3ccnc(C(=O)NC)c3)C2)n1. The summed E-state index contributed by atoms with van der Waals surface area (Å²) in [6.45, 7) is 3.80. The predicted octanol–water partition coefficient (Wildman–Crippen LogP) is 1.90. The van der Waals surface area contributed by atoms with E-state index >= 15 is 0 Å². The lowest BCUT2D eigenvalue weighted by Gasteiger charge is -2.32. The molecule has 24 heavy (non-hydrogen) atoms. The molecule has 8 heteroatoms. The second-order valence-corrected chi connectivity index (χ2v) is 6.36. The number of rotatable bonds is 5. The summed E-state index contributed by atoms with van der Waals surface area (Å²) < 4.78 is 10.4. The molecule has 7 nitrogen and oxygen atoms in total. The van der Waals surface area contributed by atoms with Gasteiger partial charge in [-0.15, -0.1) is 0 Å². The van der Waals surface area contributed by atoms with Crippen molar-refractivity contribution in [3.05, 3.63) is 29.8 Å².